The van der Waals surface area contributed by atoms with Crippen LogP contribution in [0.2, 0.25) is 0 Å². The van der Waals surface area contributed by atoms with E-state index in [1.165, 1.54) is 27.8 Å². The van der Waals surface area contributed by atoms with E-state index in [1.807, 2.05) is 244 Å². The van der Waals surface area contributed by atoms with Crippen molar-refractivity contribution in [1.82, 2.24) is 39.9 Å². The van der Waals surface area contributed by atoms with Crippen LogP contribution in [0, 0.1) is 49.6 Å². The Bertz CT molecular complexity index is 3360. The van der Waals surface area contributed by atoms with E-state index in [0.29, 0.717) is 0 Å². The fourth-order valence-corrected chi connectivity index (χ4v) is 6.59. The molecule has 0 aliphatic rings. The van der Waals surface area contributed by atoms with Crippen molar-refractivity contribution in [2.75, 3.05) is 0 Å². The van der Waals surface area contributed by atoms with Gasteiger partial charge in [0.2, 0.25) is 0 Å². The molecule has 0 aliphatic heterocycles. The summed E-state index contributed by atoms with van der Waals surface area (Å²) in [6, 6.07) is 57.2. The SMILES string of the molecule is C.C=CC.CC.CC.CC.CC=C(c1ccccc1)c1ccc2nc[c-]nc2c1.CC=Cc1ccc2nc[c-]nc2c1.CC=Cc1ccccc1.Cc1ccc2nc[c-]nc2c1.Cc1ccc2nc[c-]nc2c1.[CH2-]I.[V].[W].[W].[W].[W].[W].[Y].[Y].[Y].[Y].[c-]1ccccc1. The number of nitrogens with zero attached hydrogens (tertiary/aromatic N) is 8. The molecular weight excluding hydrogens is 2430 g/mol. The van der Waals surface area contributed by atoms with Gasteiger partial charge in [-0.3, -0.25) is 24.9 Å². The van der Waals surface area contributed by atoms with Gasteiger partial charge in [-0.25, -0.2) is 0 Å². The Hall–Kier alpha value is 0.0316. The number of hydrogen-bond donors (Lipinski definition) is 0. The fraction of sp³-hybridized carbons (Fsp3) is 0.181. The maximum absolute atomic E-state index is 4.24. The molecule has 0 saturated carbocycles. The molecule has 11 rings (SSSR count). The summed E-state index contributed by atoms with van der Waals surface area (Å²) in [5.74, 6) is 0. The third kappa shape index (κ3) is 50.1. The van der Waals surface area contributed by atoms with Gasteiger partial charge in [-0.05, 0) is 94.2 Å². The predicted molar refractivity (Wildman–Crippen MR) is 359 cm³/mol. The number of halogens is 1. The maximum Gasteiger partial charge on any atom is 0.00482 e. The van der Waals surface area contributed by atoms with Gasteiger partial charge in [0, 0.05) is 277 Å². The zero-order valence-corrected chi connectivity index (χ0v) is 83.1. The van der Waals surface area contributed by atoms with Crippen LogP contribution in [-0.2, 0) is 255 Å². The molecule has 0 aliphatic carbocycles. The van der Waals surface area contributed by atoms with Crippen LogP contribution < -0.4 is 0 Å². The minimum atomic E-state index is 0. The molecule has 8 nitrogen and oxygen atoms in total. The summed E-state index contributed by atoms with van der Waals surface area (Å²) in [5, 5.41) is 0. The van der Waals surface area contributed by atoms with E-state index in [0.717, 1.165) is 55.3 Å². The Kier molecular flexibility index (Phi) is 100. The third-order valence-electron chi connectivity index (χ3n) is 9.83. The van der Waals surface area contributed by atoms with Gasteiger partial charge in [0.25, 0.3) is 0 Å². The van der Waals surface area contributed by atoms with Gasteiger partial charge in [-0.1, -0.05) is 228 Å². The largest absolute Gasteiger partial charge is 0.448 e. The van der Waals surface area contributed by atoms with Crippen molar-refractivity contribution in [1.29, 1.82) is 0 Å². The van der Waals surface area contributed by atoms with E-state index >= 15 is 0 Å². The van der Waals surface area contributed by atoms with Gasteiger partial charge in [0.15, 0.2) is 0 Å². The molecule has 4 aromatic heterocycles. The van der Waals surface area contributed by atoms with Gasteiger partial charge in [0.05, 0.1) is 0 Å². The topological polar surface area (TPSA) is 103 Å². The molecule has 0 saturated heterocycles. The Morgan fingerprint density at radius 3 is 1.07 bits per heavy atom. The zero-order chi connectivity index (χ0) is 59.0. The molecule has 0 amide bonds. The summed E-state index contributed by atoms with van der Waals surface area (Å²) >= 11 is 1.90. The van der Waals surface area contributed by atoms with Crippen LogP contribution in [0.4, 0.5) is 0 Å². The Morgan fingerprint density at radius 2 is 0.725 bits per heavy atom. The number of fused-ring (bicyclic) bond motifs is 4. The number of rotatable bonds is 4. The molecule has 0 fully saturated rings. The van der Waals surface area contributed by atoms with Crippen LogP contribution in [0.15, 0.2) is 219 Å². The summed E-state index contributed by atoms with van der Waals surface area (Å²) in [6.45, 7) is 27.4. The van der Waals surface area contributed by atoms with E-state index < -0.39 is 0 Å². The number of allylic oxidation sites excluding steroid dienone is 4. The smallest absolute Gasteiger partial charge is 0.00482 e. The Balaban J connectivity index is -0.0000000906. The Labute approximate surface area is 745 Å². The molecule has 91 heavy (non-hydrogen) atoms. The summed E-state index contributed by atoms with van der Waals surface area (Å²) in [6.07, 6.45) is 29.3. The molecule has 19 heteroatoms. The van der Waals surface area contributed by atoms with Gasteiger partial charge in [-0.15, -0.1) is 55.6 Å². The first-order valence-electron chi connectivity index (χ1n) is 26.6. The summed E-state index contributed by atoms with van der Waals surface area (Å²) in [7, 11) is 0. The van der Waals surface area contributed by atoms with Crippen molar-refractivity contribution in [2.24, 2.45) is 0 Å². The van der Waals surface area contributed by atoms with Crippen molar-refractivity contribution in [3.63, 3.8) is 0 Å². The van der Waals surface area contributed by atoms with Crippen LogP contribution in [-0.4, -0.2) is 39.9 Å². The molecule has 0 unspecified atom stereocenters. The monoisotopic (exact) mass is 2510 g/mol. The summed E-state index contributed by atoms with van der Waals surface area (Å²) in [4.78, 5) is 36.3. The molecule has 0 spiro atoms. The standard InChI is InChI=1S/C17H13N2.C11H9N2.2C9H7N2.C9H10.C6H5.C3H6.3C2H6.CH2I.CH4.V.5W.4Y/c1-2-15(13-6-4-3-5-7-13)14-8-9-16-17(12-14)19-11-10-18-16;1-2-3-9-4-5-10-11(8-9)13-7-6-12-10;2*1-7-2-3-8-9(6-7)11-5-4-10-8;1-2-6-9-7-4-3-5-8-9;1-2-4-6-5-3-1;1-3-2;4*1-2;;;;;;;;;;;/h2-10,12H,1H3;2-6,8H,1H3;2*2-4,6H,1H3;2-8H,1H3;1-5H;3H,1H2,2H3;3*1-2H3;1H2;1H4;;;;;;;;;;/q4*-1;;-1;;;;;-1;;;;;;;;;;;. The van der Waals surface area contributed by atoms with Gasteiger partial charge < -0.3 is 42.5 Å². The first-order chi connectivity index (χ1) is 39.3. The number of aryl methyl sites for hydroxylation is 2. The van der Waals surface area contributed by atoms with Gasteiger partial charge in [-0.2, -0.15) is 36.4 Å². The van der Waals surface area contributed by atoms with Gasteiger partial charge in [0.1, 0.15) is 0 Å². The van der Waals surface area contributed by atoms with Crippen LogP contribution in [0.25, 0.3) is 61.9 Å². The predicted octanol–water partition coefficient (Wildman–Crippen LogP) is 20.1. The maximum atomic E-state index is 4.24. The molecule has 7 aromatic carbocycles. The first-order valence-corrected chi connectivity index (χ1v) is 28.1. The Morgan fingerprint density at radius 1 is 0.407 bits per heavy atom. The van der Waals surface area contributed by atoms with Crippen LogP contribution in [0.5, 0.6) is 0 Å². The second-order valence-electron chi connectivity index (χ2n) is 15.4. The normalized spacial score (nSPS) is 8.48. The minimum absolute atomic E-state index is 0. The fourth-order valence-electron chi connectivity index (χ4n) is 6.59. The average molecular weight is 2510 g/mol. The van der Waals surface area contributed by atoms with E-state index in [9.17, 15) is 0 Å². The number of benzene rings is 7. The van der Waals surface area contributed by atoms with Crippen LogP contribution in [0.1, 0.15) is 110 Å². The number of hydrogen-bond acceptors (Lipinski definition) is 8. The quantitative estimate of drug-likeness (QED) is 0.0975. The van der Waals surface area contributed by atoms with E-state index in [-0.39, 0.29) is 262 Å². The molecule has 5 radical (unpaired) electrons. The zero-order valence-electron chi connectivity index (χ0n) is 53.5. The van der Waals surface area contributed by atoms with Crippen molar-refractivity contribution < 1.29 is 255 Å². The van der Waals surface area contributed by atoms with E-state index in [2.05, 4.69) is 138 Å². The molecule has 0 bridgehead atoms. The summed E-state index contributed by atoms with van der Waals surface area (Å²) in [5.41, 5.74) is 15.6. The van der Waals surface area contributed by atoms with Crippen LogP contribution in [0.3, 0.4) is 0 Å². The first kappa shape index (κ1) is 115. The molecule has 0 atom stereocenters. The second-order valence-corrected chi connectivity index (χ2v) is 15.4. The third-order valence-corrected chi connectivity index (χ3v) is 9.83. The van der Waals surface area contributed by atoms with Crippen molar-refractivity contribution in [3.8, 4) is 0 Å². The van der Waals surface area contributed by atoms with E-state index in [1.54, 1.807) is 30.9 Å². The second kappa shape index (κ2) is 79.0. The minimum Gasteiger partial charge on any atom is -0.448 e. The van der Waals surface area contributed by atoms with Gasteiger partial charge >= 0.3 is 0 Å². The van der Waals surface area contributed by atoms with E-state index in [4.69, 9.17) is 0 Å². The van der Waals surface area contributed by atoms with Crippen LogP contribution >= 0.6 is 22.6 Å². The molecule has 4 heterocycles. The molecule has 0 N–H and O–H groups in total. The molecule has 11 aromatic rings. The molecular formula is C72H81IN8VW5Y4-6. The number of aromatic nitrogens is 8. The summed E-state index contributed by atoms with van der Waals surface area (Å²) < 4.78 is 0. The average Bonchev–Trinajstić information content (AvgIpc) is 1.76. The van der Waals surface area contributed by atoms with Crippen molar-refractivity contribution in [2.45, 2.75) is 90.5 Å². The van der Waals surface area contributed by atoms with Crippen molar-refractivity contribution in [3.05, 3.63) is 289 Å². The molecule has 469 valence electrons. The van der Waals surface area contributed by atoms with Crippen molar-refractivity contribution >= 4 is 84.4 Å².